The molecule has 1 aromatic carbocycles. The van der Waals surface area contributed by atoms with E-state index in [0.717, 1.165) is 0 Å². The second-order valence-corrected chi connectivity index (χ2v) is 4.75. The van der Waals surface area contributed by atoms with Crippen molar-refractivity contribution in [3.63, 3.8) is 0 Å². The summed E-state index contributed by atoms with van der Waals surface area (Å²) in [5, 5.41) is 4.09. The molecule has 0 fully saturated rings. The fourth-order valence-corrected chi connectivity index (χ4v) is 1.91. The molecule has 1 aromatic heterocycles. The molecule has 0 aliphatic heterocycles. The number of para-hydroxylation sites is 1. The molecule has 7 heteroatoms. The van der Waals surface area contributed by atoms with Crippen molar-refractivity contribution < 1.29 is 14.3 Å². The van der Waals surface area contributed by atoms with Crippen molar-refractivity contribution in [3.05, 3.63) is 48.3 Å². The van der Waals surface area contributed by atoms with Crippen molar-refractivity contribution in [1.82, 2.24) is 14.7 Å². The Balaban J connectivity index is 2.02. The van der Waals surface area contributed by atoms with Crippen LogP contribution in [0.15, 0.2) is 42.7 Å². The zero-order valence-corrected chi connectivity index (χ0v) is 12.3. The second-order valence-electron chi connectivity index (χ2n) is 4.75. The molecule has 1 heterocycles. The molecule has 0 saturated carbocycles. The van der Waals surface area contributed by atoms with Gasteiger partial charge in [-0.15, -0.1) is 0 Å². The standard InChI is InChI=1S/C15H18N4O3/c1-18(9-10-19-8-4-7-17-19)15(21)12-5-2-3-6-13(12)22-11-14(16)20/h2-8H,9-11H2,1H3,(H2,16,20). The van der Waals surface area contributed by atoms with E-state index >= 15 is 0 Å². The summed E-state index contributed by atoms with van der Waals surface area (Å²) in [4.78, 5) is 24.9. The van der Waals surface area contributed by atoms with Gasteiger partial charge in [0.15, 0.2) is 6.61 Å². The molecule has 7 nitrogen and oxygen atoms in total. The van der Waals surface area contributed by atoms with Crippen LogP contribution in [0, 0.1) is 0 Å². The molecule has 22 heavy (non-hydrogen) atoms. The van der Waals surface area contributed by atoms with Crippen LogP contribution in [0.1, 0.15) is 10.4 Å². The number of aromatic nitrogens is 2. The van der Waals surface area contributed by atoms with E-state index in [0.29, 0.717) is 24.4 Å². The van der Waals surface area contributed by atoms with E-state index in [9.17, 15) is 9.59 Å². The zero-order chi connectivity index (χ0) is 15.9. The Hall–Kier alpha value is -2.83. The van der Waals surface area contributed by atoms with Crippen molar-refractivity contribution in [2.24, 2.45) is 5.73 Å². The Morgan fingerprint density at radius 1 is 1.32 bits per heavy atom. The van der Waals surface area contributed by atoms with Crippen LogP contribution in [0.2, 0.25) is 0 Å². The molecule has 2 rings (SSSR count). The maximum atomic E-state index is 12.5. The quantitative estimate of drug-likeness (QED) is 0.807. The zero-order valence-electron chi connectivity index (χ0n) is 12.3. The molecule has 0 aliphatic carbocycles. The van der Waals surface area contributed by atoms with Crippen LogP contribution in [-0.4, -0.2) is 46.7 Å². The van der Waals surface area contributed by atoms with Crippen molar-refractivity contribution in [1.29, 1.82) is 0 Å². The minimum absolute atomic E-state index is 0.188. The van der Waals surface area contributed by atoms with Crippen LogP contribution in [0.4, 0.5) is 0 Å². The molecular formula is C15H18N4O3. The molecule has 2 amide bonds. The fourth-order valence-electron chi connectivity index (χ4n) is 1.91. The van der Waals surface area contributed by atoms with E-state index in [1.165, 1.54) is 0 Å². The van der Waals surface area contributed by atoms with Crippen LogP contribution in [-0.2, 0) is 11.3 Å². The van der Waals surface area contributed by atoms with Gasteiger partial charge in [0.2, 0.25) is 0 Å². The number of primary amides is 1. The molecule has 0 radical (unpaired) electrons. The molecule has 0 saturated heterocycles. The van der Waals surface area contributed by atoms with Gasteiger partial charge < -0.3 is 15.4 Å². The maximum Gasteiger partial charge on any atom is 0.257 e. The molecular weight excluding hydrogens is 284 g/mol. The van der Waals surface area contributed by atoms with Crippen LogP contribution in [0.3, 0.4) is 0 Å². The van der Waals surface area contributed by atoms with Gasteiger partial charge in [-0.3, -0.25) is 14.3 Å². The van der Waals surface area contributed by atoms with Crippen LogP contribution < -0.4 is 10.5 Å². The van der Waals surface area contributed by atoms with E-state index in [2.05, 4.69) is 5.10 Å². The highest BCUT2D eigenvalue weighted by molar-refractivity contribution is 5.96. The van der Waals surface area contributed by atoms with Crippen LogP contribution >= 0.6 is 0 Å². The maximum absolute atomic E-state index is 12.5. The highest BCUT2D eigenvalue weighted by atomic mass is 16.5. The summed E-state index contributed by atoms with van der Waals surface area (Å²) in [5.41, 5.74) is 5.45. The van der Waals surface area contributed by atoms with Crippen molar-refractivity contribution in [3.8, 4) is 5.75 Å². The van der Waals surface area contributed by atoms with Gasteiger partial charge in [-0.1, -0.05) is 12.1 Å². The minimum Gasteiger partial charge on any atom is -0.483 e. The molecule has 0 bridgehead atoms. The third-order valence-electron chi connectivity index (χ3n) is 3.06. The Morgan fingerprint density at radius 3 is 2.77 bits per heavy atom. The van der Waals surface area contributed by atoms with E-state index < -0.39 is 5.91 Å². The van der Waals surface area contributed by atoms with Crippen molar-refractivity contribution in [2.45, 2.75) is 6.54 Å². The monoisotopic (exact) mass is 302 g/mol. The van der Waals surface area contributed by atoms with E-state index in [1.807, 2.05) is 12.3 Å². The predicted octanol–water partition coefficient (Wildman–Crippen LogP) is 0.519. The first kappa shape index (κ1) is 15.6. The SMILES string of the molecule is CN(CCn1cccn1)C(=O)c1ccccc1OCC(N)=O. The predicted molar refractivity (Wildman–Crippen MR) is 80.3 cm³/mol. The van der Waals surface area contributed by atoms with Crippen molar-refractivity contribution in [2.75, 3.05) is 20.2 Å². The first-order chi connectivity index (χ1) is 10.6. The van der Waals surface area contributed by atoms with E-state index in [1.54, 1.807) is 47.1 Å². The minimum atomic E-state index is -0.589. The number of likely N-dealkylation sites (N-methyl/N-ethyl adjacent to an activating group) is 1. The topological polar surface area (TPSA) is 90.4 Å². The summed E-state index contributed by atoms with van der Waals surface area (Å²) >= 11 is 0. The van der Waals surface area contributed by atoms with Gasteiger partial charge in [0.05, 0.1) is 12.1 Å². The Kier molecular flexibility index (Phi) is 5.13. The van der Waals surface area contributed by atoms with E-state index in [4.69, 9.17) is 10.5 Å². The summed E-state index contributed by atoms with van der Waals surface area (Å²) in [6.45, 7) is 0.839. The molecule has 0 unspecified atom stereocenters. The van der Waals surface area contributed by atoms with Gasteiger partial charge in [-0.2, -0.15) is 5.10 Å². The van der Waals surface area contributed by atoms with Gasteiger partial charge >= 0.3 is 0 Å². The fraction of sp³-hybridized carbons (Fsp3) is 0.267. The number of ether oxygens (including phenoxy) is 1. The molecule has 0 spiro atoms. The van der Waals surface area contributed by atoms with Gasteiger partial charge in [0.25, 0.3) is 11.8 Å². The third-order valence-corrected chi connectivity index (χ3v) is 3.06. The van der Waals surface area contributed by atoms with E-state index in [-0.39, 0.29) is 12.5 Å². The highest BCUT2D eigenvalue weighted by Gasteiger charge is 2.16. The number of nitrogens with two attached hydrogens (primary N) is 1. The first-order valence-electron chi connectivity index (χ1n) is 6.81. The van der Waals surface area contributed by atoms with Gasteiger partial charge in [0.1, 0.15) is 5.75 Å². The Bertz CT molecular complexity index is 640. The molecule has 2 aromatic rings. The molecule has 116 valence electrons. The number of rotatable bonds is 7. The average molecular weight is 302 g/mol. The number of carbonyl (C=O) groups is 2. The average Bonchev–Trinajstić information content (AvgIpc) is 3.03. The van der Waals surface area contributed by atoms with Crippen molar-refractivity contribution >= 4 is 11.8 Å². The summed E-state index contributed by atoms with van der Waals surface area (Å²) < 4.78 is 7.03. The summed E-state index contributed by atoms with van der Waals surface area (Å²) in [7, 11) is 1.71. The number of nitrogens with zero attached hydrogens (tertiary/aromatic N) is 3. The lowest BCUT2D eigenvalue weighted by Gasteiger charge is -2.19. The Morgan fingerprint density at radius 2 is 2.09 bits per heavy atom. The smallest absolute Gasteiger partial charge is 0.257 e. The number of carbonyl (C=O) groups excluding carboxylic acids is 2. The first-order valence-corrected chi connectivity index (χ1v) is 6.81. The van der Waals surface area contributed by atoms with Gasteiger partial charge in [-0.25, -0.2) is 0 Å². The molecule has 0 aliphatic rings. The Labute approximate surface area is 128 Å². The lowest BCUT2D eigenvalue weighted by atomic mass is 10.2. The van der Waals surface area contributed by atoms with Crippen LogP contribution in [0.25, 0.3) is 0 Å². The lowest BCUT2D eigenvalue weighted by molar-refractivity contribution is -0.119. The number of hydrogen-bond acceptors (Lipinski definition) is 4. The summed E-state index contributed by atoms with van der Waals surface area (Å²) in [5.74, 6) is -0.432. The van der Waals surface area contributed by atoms with Gasteiger partial charge in [0, 0.05) is 26.0 Å². The summed E-state index contributed by atoms with van der Waals surface area (Å²) in [6.07, 6.45) is 3.52. The molecule has 0 atom stereocenters. The second kappa shape index (κ2) is 7.26. The largest absolute Gasteiger partial charge is 0.483 e. The molecule has 2 N–H and O–H groups in total. The van der Waals surface area contributed by atoms with Crippen LogP contribution in [0.5, 0.6) is 5.75 Å². The summed E-state index contributed by atoms with van der Waals surface area (Å²) in [6, 6.07) is 8.60. The number of hydrogen-bond donors (Lipinski definition) is 1. The lowest BCUT2D eigenvalue weighted by Crippen LogP contribution is -2.31. The third kappa shape index (κ3) is 4.08. The normalized spacial score (nSPS) is 10.2. The number of amides is 2. The number of benzene rings is 1. The van der Waals surface area contributed by atoms with Gasteiger partial charge in [-0.05, 0) is 18.2 Å². The highest BCUT2D eigenvalue weighted by Crippen LogP contribution is 2.19.